The van der Waals surface area contributed by atoms with Gasteiger partial charge in [0, 0.05) is 19.1 Å². The normalized spacial score (nSPS) is 27.4. The van der Waals surface area contributed by atoms with Crippen LogP contribution in [0.2, 0.25) is 0 Å². The summed E-state index contributed by atoms with van der Waals surface area (Å²) in [7, 11) is 2.12. The summed E-state index contributed by atoms with van der Waals surface area (Å²) in [6.45, 7) is 9.21. The van der Waals surface area contributed by atoms with Crippen molar-refractivity contribution in [1.82, 2.24) is 15.0 Å². The summed E-state index contributed by atoms with van der Waals surface area (Å²) in [6, 6.07) is 0.486. The molecular formula is C18H29N3O4. The van der Waals surface area contributed by atoms with Gasteiger partial charge in [-0.2, -0.15) is 0 Å². The molecule has 2 unspecified atom stereocenters. The van der Waals surface area contributed by atoms with Crippen molar-refractivity contribution in [1.29, 1.82) is 0 Å². The van der Waals surface area contributed by atoms with Gasteiger partial charge >= 0.3 is 0 Å². The Morgan fingerprint density at radius 2 is 2.32 bits per heavy atom. The molecule has 3 rings (SSSR count). The number of carbonyl (C=O) groups is 1. The molecule has 0 aliphatic carbocycles. The van der Waals surface area contributed by atoms with Crippen molar-refractivity contribution in [2.45, 2.75) is 51.4 Å². The van der Waals surface area contributed by atoms with Crippen molar-refractivity contribution >= 4 is 5.91 Å². The van der Waals surface area contributed by atoms with Crippen molar-refractivity contribution in [2.75, 3.05) is 39.9 Å². The monoisotopic (exact) mass is 351 g/mol. The number of hydrogen-bond donors (Lipinski definition) is 0. The minimum absolute atomic E-state index is 0.0602. The van der Waals surface area contributed by atoms with Crippen LogP contribution in [0, 0.1) is 6.92 Å². The highest BCUT2D eigenvalue weighted by Gasteiger charge is 2.44. The van der Waals surface area contributed by atoms with Gasteiger partial charge in [0.25, 0.3) is 5.91 Å². The summed E-state index contributed by atoms with van der Waals surface area (Å²) in [4.78, 5) is 16.9. The summed E-state index contributed by atoms with van der Waals surface area (Å²) in [5, 5.41) is 3.72. The van der Waals surface area contributed by atoms with Crippen LogP contribution in [0.15, 0.2) is 10.7 Å². The largest absolute Gasteiger partial charge is 0.377 e. The predicted molar refractivity (Wildman–Crippen MR) is 92.6 cm³/mol. The van der Waals surface area contributed by atoms with E-state index >= 15 is 0 Å². The van der Waals surface area contributed by atoms with Crippen LogP contribution in [-0.4, -0.2) is 78.5 Å². The lowest BCUT2D eigenvalue weighted by Gasteiger charge is -2.33. The summed E-state index contributed by atoms with van der Waals surface area (Å²) in [5.74, 6) is 0.489. The topological polar surface area (TPSA) is 68.0 Å². The molecule has 0 radical (unpaired) electrons. The van der Waals surface area contributed by atoms with E-state index in [2.05, 4.69) is 31.0 Å². The molecule has 2 aliphatic heterocycles. The number of nitrogens with zero attached hydrogens (tertiary/aromatic N) is 3. The van der Waals surface area contributed by atoms with Crippen molar-refractivity contribution in [3.63, 3.8) is 0 Å². The molecule has 3 heterocycles. The van der Waals surface area contributed by atoms with Gasteiger partial charge in [-0.25, -0.2) is 0 Å². The molecule has 2 saturated heterocycles. The van der Waals surface area contributed by atoms with Crippen LogP contribution in [0.25, 0.3) is 0 Å². The van der Waals surface area contributed by atoms with Crippen LogP contribution in [0.4, 0.5) is 0 Å². The smallest absolute Gasteiger partial charge is 0.259 e. The van der Waals surface area contributed by atoms with E-state index in [1.165, 1.54) is 6.20 Å². The molecule has 7 heteroatoms. The van der Waals surface area contributed by atoms with Crippen LogP contribution in [0.5, 0.6) is 0 Å². The molecule has 2 fully saturated rings. The Hall–Kier alpha value is -1.44. The van der Waals surface area contributed by atoms with E-state index < -0.39 is 5.60 Å². The van der Waals surface area contributed by atoms with Crippen LogP contribution >= 0.6 is 0 Å². The second-order valence-electron chi connectivity index (χ2n) is 7.57. The highest BCUT2D eigenvalue weighted by molar-refractivity contribution is 5.94. The van der Waals surface area contributed by atoms with Gasteiger partial charge in [-0.15, -0.1) is 0 Å². The molecule has 2 atom stereocenters. The zero-order valence-corrected chi connectivity index (χ0v) is 15.7. The Labute approximate surface area is 149 Å². The average Bonchev–Trinajstić information content (AvgIpc) is 3.09. The maximum atomic E-state index is 12.8. The average molecular weight is 351 g/mol. The van der Waals surface area contributed by atoms with Crippen LogP contribution < -0.4 is 0 Å². The van der Waals surface area contributed by atoms with Crippen molar-refractivity contribution in [3.8, 4) is 0 Å². The lowest BCUT2D eigenvalue weighted by atomic mass is 9.99. The zero-order chi connectivity index (χ0) is 18.0. The molecule has 1 spiro atoms. The number of aromatic nitrogens is 1. The van der Waals surface area contributed by atoms with Gasteiger partial charge in [0.1, 0.15) is 16.9 Å². The molecule has 0 saturated carbocycles. The lowest BCUT2D eigenvalue weighted by molar-refractivity contribution is -0.0901. The van der Waals surface area contributed by atoms with E-state index in [0.29, 0.717) is 43.7 Å². The van der Waals surface area contributed by atoms with Gasteiger partial charge in [-0.1, -0.05) is 5.16 Å². The molecule has 1 amide bonds. The number of aryl methyl sites for hydroxylation is 1. The summed E-state index contributed by atoms with van der Waals surface area (Å²) in [6.07, 6.45) is 3.58. The molecule has 1 aromatic rings. The third-order valence-electron chi connectivity index (χ3n) is 5.33. The quantitative estimate of drug-likeness (QED) is 0.823. The first-order valence-corrected chi connectivity index (χ1v) is 9.06. The van der Waals surface area contributed by atoms with E-state index in [0.717, 1.165) is 19.4 Å². The fraction of sp³-hybridized carbons (Fsp3) is 0.778. The van der Waals surface area contributed by atoms with Crippen molar-refractivity contribution < 1.29 is 18.8 Å². The fourth-order valence-electron chi connectivity index (χ4n) is 3.53. The maximum Gasteiger partial charge on any atom is 0.259 e. The summed E-state index contributed by atoms with van der Waals surface area (Å²) >= 11 is 0. The Morgan fingerprint density at radius 1 is 1.52 bits per heavy atom. The number of ether oxygens (including phenoxy) is 2. The first kappa shape index (κ1) is 18.4. The molecule has 1 aromatic heterocycles. The second kappa shape index (κ2) is 7.43. The van der Waals surface area contributed by atoms with Crippen LogP contribution in [0.1, 0.15) is 42.8 Å². The van der Waals surface area contributed by atoms with E-state index in [1.54, 1.807) is 6.92 Å². The molecule has 140 valence electrons. The Kier molecular flexibility index (Phi) is 5.46. The molecule has 0 bridgehead atoms. The van der Waals surface area contributed by atoms with E-state index in [1.807, 2.05) is 4.90 Å². The number of likely N-dealkylation sites (N-methyl/N-ethyl adjacent to an activating group) is 1. The molecule has 25 heavy (non-hydrogen) atoms. The van der Waals surface area contributed by atoms with Crippen molar-refractivity contribution in [2.24, 2.45) is 0 Å². The van der Waals surface area contributed by atoms with Gasteiger partial charge in [-0.3, -0.25) is 4.79 Å². The van der Waals surface area contributed by atoms with Gasteiger partial charge < -0.3 is 23.8 Å². The first-order valence-electron chi connectivity index (χ1n) is 9.06. The Balaban J connectivity index is 1.68. The Morgan fingerprint density at radius 3 is 3.00 bits per heavy atom. The molecule has 0 N–H and O–H groups in total. The van der Waals surface area contributed by atoms with E-state index in [9.17, 15) is 4.79 Å². The van der Waals surface area contributed by atoms with Gasteiger partial charge in [0.15, 0.2) is 0 Å². The first-order chi connectivity index (χ1) is 11.9. The molecule has 0 aromatic carbocycles. The fourth-order valence-corrected chi connectivity index (χ4v) is 3.53. The van der Waals surface area contributed by atoms with Crippen LogP contribution in [-0.2, 0) is 9.47 Å². The van der Waals surface area contributed by atoms with E-state index in [-0.39, 0.29) is 12.0 Å². The van der Waals surface area contributed by atoms with Gasteiger partial charge in [0.2, 0.25) is 0 Å². The number of carbonyl (C=O) groups excluding carboxylic acids is 1. The minimum atomic E-state index is -0.403. The SMILES string of the molecule is Cc1oncc1C(=O)N1CCOCC2(CCC(CN(C)C(C)C)O2)C1. The molecule has 7 nitrogen and oxygen atoms in total. The number of amides is 1. The predicted octanol–water partition coefficient (Wildman–Crippen LogP) is 1.71. The highest BCUT2D eigenvalue weighted by Crippen LogP contribution is 2.34. The summed E-state index contributed by atoms with van der Waals surface area (Å²) in [5.41, 5.74) is 0.117. The lowest BCUT2D eigenvalue weighted by Crippen LogP contribution is -2.47. The van der Waals surface area contributed by atoms with Gasteiger partial charge in [-0.05, 0) is 40.7 Å². The third-order valence-corrected chi connectivity index (χ3v) is 5.33. The van der Waals surface area contributed by atoms with Crippen LogP contribution in [0.3, 0.4) is 0 Å². The van der Waals surface area contributed by atoms with Gasteiger partial charge in [0.05, 0.1) is 32.1 Å². The second-order valence-corrected chi connectivity index (χ2v) is 7.57. The maximum absolute atomic E-state index is 12.8. The molecule has 2 aliphatic rings. The molecular weight excluding hydrogens is 322 g/mol. The summed E-state index contributed by atoms with van der Waals surface area (Å²) < 4.78 is 17.3. The highest BCUT2D eigenvalue weighted by atomic mass is 16.6. The third kappa shape index (κ3) is 4.04. The zero-order valence-electron chi connectivity index (χ0n) is 15.7. The number of rotatable bonds is 4. The van der Waals surface area contributed by atoms with E-state index in [4.69, 9.17) is 14.0 Å². The minimum Gasteiger partial charge on any atom is -0.377 e. The Bertz CT molecular complexity index is 603. The van der Waals surface area contributed by atoms with Crippen molar-refractivity contribution in [3.05, 3.63) is 17.5 Å². The standard InChI is InChI=1S/C18H29N3O4/c1-13(2)20(4)10-15-5-6-18(24-15)11-21(7-8-23-12-18)17(22)16-9-19-25-14(16)3/h9,13,15H,5-8,10-12H2,1-4H3. The number of hydrogen-bond acceptors (Lipinski definition) is 6.